The predicted octanol–water partition coefficient (Wildman–Crippen LogP) is 6.90. The van der Waals surface area contributed by atoms with E-state index in [4.69, 9.17) is 5.73 Å². The Morgan fingerprint density at radius 1 is 0.800 bits per heavy atom. The highest BCUT2D eigenvalue weighted by Crippen LogP contribution is 2.59. The Kier molecular flexibility index (Phi) is 6.32. The standard InChI is InChI=1S/C17H8Br2F9NO/c18-10-5-7(14(20,16(23,24)25)15(21,22)17(26,27)28)6-11(19)12(10)8-3-1-2-4-9(8)13(29)30/h1-6H,(H2,29,30). The molecule has 0 heterocycles. The van der Waals surface area contributed by atoms with E-state index in [0.717, 1.165) is 0 Å². The lowest BCUT2D eigenvalue weighted by Gasteiger charge is -2.36. The second-order valence-electron chi connectivity index (χ2n) is 5.95. The first kappa shape index (κ1) is 24.5. The van der Waals surface area contributed by atoms with Gasteiger partial charge in [0, 0.05) is 25.6 Å². The highest BCUT2D eigenvalue weighted by molar-refractivity contribution is 9.11. The fourth-order valence-electron chi connectivity index (χ4n) is 2.66. The van der Waals surface area contributed by atoms with E-state index in [2.05, 4.69) is 31.9 Å². The van der Waals surface area contributed by atoms with Crippen LogP contribution in [0.4, 0.5) is 39.5 Å². The minimum Gasteiger partial charge on any atom is -0.366 e. The number of alkyl halides is 9. The summed E-state index contributed by atoms with van der Waals surface area (Å²) in [7, 11) is 0. The third-order valence-corrected chi connectivity index (χ3v) is 5.33. The zero-order valence-corrected chi connectivity index (χ0v) is 17.3. The first-order chi connectivity index (χ1) is 13.5. The number of carbonyl (C=O) groups excluding carboxylic acids is 1. The molecule has 0 radical (unpaired) electrons. The maximum atomic E-state index is 14.7. The van der Waals surface area contributed by atoms with Gasteiger partial charge in [-0.2, -0.15) is 35.1 Å². The van der Waals surface area contributed by atoms with Crippen LogP contribution in [-0.2, 0) is 5.67 Å². The third-order valence-electron chi connectivity index (χ3n) is 4.08. The largest absolute Gasteiger partial charge is 0.457 e. The van der Waals surface area contributed by atoms with Crippen LogP contribution < -0.4 is 5.73 Å². The molecule has 0 bridgehead atoms. The topological polar surface area (TPSA) is 43.1 Å². The lowest BCUT2D eigenvalue weighted by Crippen LogP contribution is -2.59. The summed E-state index contributed by atoms with van der Waals surface area (Å²) in [4.78, 5) is 11.6. The van der Waals surface area contributed by atoms with Crippen LogP contribution in [0.2, 0.25) is 0 Å². The van der Waals surface area contributed by atoms with Gasteiger partial charge in [-0.05, 0) is 23.8 Å². The van der Waals surface area contributed by atoms with Gasteiger partial charge in [0.15, 0.2) is 0 Å². The molecule has 13 heteroatoms. The number of rotatable bonds is 4. The Morgan fingerprint density at radius 2 is 1.27 bits per heavy atom. The highest BCUT2D eigenvalue weighted by atomic mass is 79.9. The third kappa shape index (κ3) is 3.81. The first-order valence-corrected chi connectivity index (χ1v) is 9.14. The maximum Gasteiger partial charge on any atom is 0.457 e. The van der Waals surface area contributed by atoms with Crippen LogP contribution in [0.15, 0.2) is 45.3 Å². The van der Waals surface area contributed by atoms with Gasteiger partial charge in [0.1, 0.15) is 0 Å². The van der Waals surface area contributed by atoms with E-state index < -0.39 is 44.4 Å². The zero-order chi connectivity index (χ0) is 23.3. The Balaban J connectivity index is 2.84. The Bertz CT molecular complexity index is 965. The molecule has 2 rings (SSSR count). The summed E-state index contributed by atoms with van der Waals surface area (Å²) in [6, 6.07) is 5.64. The molecule has 1 unspecified atom stereocenters. The smallest absolute Gasteiger partial charge is 0.366 e. The van der Waals surface area contributed by atoms with Crippen molar-refractivity contribution in [2.75, 3.05) is 0 Å². The average Bonchev–Trinajstić information content (AvgIpc) is 2.58. The molecule has 0 aliphatic carbocycles. The quantitative estimate of drug-likeness (QED) is 0.398. The summed E-state index contributed by atoms with van der Waals surface area (Å²) >= 11 is 5.50. The number of amides is 1. The molecule has 0 fully saturated rings. The van der Waals surface area contributed by atoms with Gasteiger partial charge in [-0.15, -0.1) is 0 Å². The molecular formula is C17H8Br2F9NO. The van der Waals surface area contributed by atoms with Gasteiger partial charge in [-0.1, -0.05) is 50.1 Å². The molecule has 2 nitrogen and oxygen atoms in total. The van der Waals surface area contributed by atoms with Crippen LogP contribution in [0.25, 0.3) is 11.1 Å². The van der Waals surface area contributed by atoms with E-state index in [1.807, 2.05) is 0 Å². The van der Waals surface area contributed by atoms with Crippen molar-refractivity contribution in [3.63, 3.8) is 0 Å². The molecule has 0 saturated carbocycles. The van der Waals surface area contributed by atoms with Crippen molar-refractivity contribution in [3.05, 3.63) is 56.5 Å². The molecule has 0 saturated heterocycles. The van der Waals surface area contributed by atoms with Crippen molar-refractivity contribution >= 4 is 37.8 Å². The Morgan fingerprint density at radius 3 is 1.67 bits per heavy atom. The predicted molar refractivity (Wildman–Crippen MR) is 95.6 cm³/mol. The molecule has 2 aromatic rings. The summed E-state index contributed by atoms with van der Waals surface area (Å²) in [6.45, 7) is 0. The van der Waals surface area contributed by atoms with Gasteiger partial charge < -0.3 is 5.73 Å². The average molecular weight is 573 g/mol. The summed E-state index contributed by atoms with van der Waals surface area (Å²) < 4.78 is 119. The number of benzene rings is 2. The second-order valence-corrected chi connectivity index (χ2v) is 7.66. The minimum atomic E-state index is -6.84. The fraction of sp³-hybridized carbons (Fsp3) is 0.235. The van der Waals surface area contributed by atoms with Gasteiger partial charge in [0.05, 0.1) is 0 Å². The van der Waals surface area contributed by atoms with E-state index in [9.17, 15) is 44.3 Å². The molecule has 0 spiro atoms. The maximum absolute atomic E-state index is 14.7. The summed E-state index contributed by atoms with van der Waals surface area (Å²) in [5.41, 5.74) is -3.12. The molecule has 2 aromatic carbocycles. The van der Waals surface area contributed by atoms with E-state index in [-0.39, 0.29) is 28.8 Å². The number of hydrogen-bond acceptors (Lipinski definition) is 1. The number of halogens is 11. The first-order valence-electron chi connectivity index (χ1n) is 7.55. The van der Waals surface area contributed by atoms with E-state index in [1.54, 1.807) is 0 Å². The lowest BCUT2D eigenvalue weighted by molar-refractivity contribution is -0.389. The lowest BCUT2D eigenvalue weighted by atomic mass is 9.86. The molecule has 1 amide bonds. The highest BCUT2D eigenvalue weighted by Gasteiger charge is 2.81. The number of primary amides is 1. The van der Waals surface area contributed by atoms with E-state index >= 15 is 0 Å². The molecule has 164 valence electrons. The van der Waals surface area contributed by atoms with Crippen molar-refractivity contribution in [1.82, 2.24) is 0 Å². The van der Waals surface area contributed by atoms with Gasteiger partial charge in [0.25, 0.3) is 0 Å². The fourth-order valence-corrected chi connectivity index (χ4v) is 4.28. The van der Waals surface area contributed by atoms with Crippen molar-refractivity contribution in [3.8, 4) is 11.1 Å². The summed E-state index contributed by atoms with van der Waals surface area (Å²) in [6.07, 6.45) is -13.5. The Labute approximate surface area is 179 Å². The summed E-state index contributed by atoms with van der Waals surface area (Å²) in [5.74, 6) is -7.75. The van der Waals surface area contributed by atoms with Crippen molar-refractivity contribution in [1.29, 1.82) is 0 Å². The van der Waals surface area contributed by atoms with Crippen LogP contribution in [0.1, 0.15) is 15.9 Å². The second kappa shape index (κ2) is 7.74. The molecule has 2 N–H and O–H groups in total. The molecule has 30 heavy (non-hydrogen) atoms. The van der Waals surface area contributed by atoms with Gasteiger partial charge >= 0.3 is 23.9 Å². The number of hydrogen-bond donors (Lipinski definition) is 1. The molecule has 0 aliphatic heterocycles. The molecule has 1 atom stereocenters. The van der Waals surface area contributed by atoms with Crippen molar-refractivity contribution < 1.29 is 44.3 Å². The number of nitrogens with two attached hydrogens (primary N) is 1. The van der Waals surface area contributed by atoms with Crippen molar-refractivity contribution in [2.24, 2.45) is 5.73 Å². The van der Waals surface area contributed by atoms with Crippen molar-refractivity contribution in [2.45, 2.75) is 23.9 Å². The van der Waals surface area contributed by atoms with E-state index in [1.165, 1.54) is 24.3 Å². The van der Waals surface area contributed by atoms with Crippen LogP contribution in [0.5, 0.6) is 0 Å². The monoisotopic (exact) mass is 571 g/mol. The van der Waals surface area contributed by atoms with Crippen LogP contribution >= 0.6 is 31.9 Å². The van der Waals surface area contributed by atoms with Gasteiger partial charge in [-0.25, -0.2) is 4.39 Å². The number of carbonyl (C=O) groups is 1. The molecular weight excluding hydrogens is 565 g/mol. The minimum absolute atomic E-state index is 0.00866. The normalized spacial score (nSPS) is 15.0. The van der Waals surface area contributed by atoms with E-state index in [0.29, 0.717) is 0 Å². The van der Waals surface area contributed by atoms with Gasteiger partial charge in [-0.3, -0.25) is 4.79 Å². The van der Waals surface area contributed by atoms with Crippen LogP contribution in [0, 0.1) is 0 Å². The Hall–Kier alpha value is -1.76. The molecule has 0 aliphatic rings. The zero-order valence-electron chi connectivity index (χ0n) is 14.1. The summed E-state index contributed by atoms with van der Waals surface area (Å²) in [5, 5.41) is 0. The molecule has 0 aromatic heterocycles. The van der Waals surface area contributed by atoms with Crippen LogP contribution in [0.3, 0.4) is 0 Å². The van der Waals surface area contributed by atoms with Gasteiger partial charge in [0.2, 0.25) is 5.91 Å². The SMILES string of the molecule is NC(=O)c1ccccc1-c1c(Br)cc(C(F)(C(F)(F)F)C(F)(F)C(F)(F)F)cc1Br. The van der Waals surface area contributed by atoms with Crippen LogP contribution in [-0.4, -0.2) is 24.2 Å².